The first-order chi connectivity index (χ1) is 18.9. The normalized spacial score (nSPS) is 13.7. The first-order valence-corrected chi connectivity index (χ1v) is 14.9. The van der Waals surface area contributed by atoms with Gasteiger partial charge < -0.3 is 16.0 Å². The number of rotatable bonds is 8. The Balaban J connectivity index is 1.21. The van der Waals surface area contributed by atoms with Gasteiger partial charge in [0.25, 0.3) is 11.8 Å². The molecule has 0 spiro atoms. The quantitative estimate of drug-likeness (QED) is 0.196. The summed E-state index contributed by atoms with van der Waals surface area (Å²) in [6.07, 6.45) is 5.38. The van der Waals surface area contributed by atoms with Crippen molar-refractivity contribution in [3.8, 4) is 0 Å². The fourth-order valence-corrected chi connectivity index (χ4v) is 6.52. The van der Waals surface area contributed by atoms with E-state index in [1.807, 2.05) is 12.1 Å². The molecule has 1 saturated carbocycles. The Morgan fingerprint density at radius 3 is 2.31 bits per heavy atom. The Bertz CT molecular complexity index is 1500. The van der Waals surface area contributed by atoms with Gasteiger partial charge in [-0.15, -0.1) is 11.3 Å². The molecule has 3 aromatic carbocycles. The Morgan fingerprint density at radius 1 is 0.872 bits per heavy atom. The number of carbonyl (C=O) groups excluding carboxylic acids is 3. The van der Waals surface area contributed by atoms with E-state index < -0.39 is 0 Å². The number of carbonyl (C=O) groups is 3. The van der Waals surface area contributed by atoms with E-state index in [9.17, 15) is 14.4 Å². The zero-order valence-electron chi connectivity index (χ0n) is 21.0. The fraction of sp³-hybridized carbons (Fsp3) is 0.241. The Hall–Kier alpha value is -3.40. The van der Waals surface area contributed by atoms with Gasteiger partial charge in [0.15, 0.2) is 4.34 Å². The van der Waals surface area contributed by atoms with Gasteiger partial charge in [-0.3, -0.25) is 14.4 Å². The monoisotopic (exact) mass is 578 g/mol. The fourth-order valence-electron chi connectivity index (χ4n) is 4.49. The lowest BCUT2D eigenvalue weighted by Crippen LogP contribution is -2.37. The minimum atomic E-state index is -0.346. The summed E-state index contributed by atoms with van der Waals surface area (Å²) in [4.78, 5) is 43.0. The van der Waals surface area contributed by atoms with Crippen molar-refractivity contribution >= 4 is 74.0 Å². The molecule has 1 aliphatic carbocycles. The van der Waals surface area contributed by atoms with Crippen molar-refractivity contribution in [1.82, 2.24) is 10.3 Å². The summed E-state index contributed by atoms with van der Waals surface area (Å²) in [5, 5.41) is 9.46. The second kappa shape index (κ2) is 12.6. The minimum Gasteiger partial charge on any atom is -0.349 e. The van der Waals surface area contributed by atoms with Gasteiger partial charge >= 0.3 is 0 Å². The van der Waals surface area contributed by atoms with Crippen LogP contribution in [0.4, 0.5) is 11.4 Å². The predicted octanol–water partition coefficient (Wildman–Crippen LogP) is 7.00. The number of halogens is 1. The van der Waals surface area contributed by atoms with Crippen LogP contribution in [0.25, 0.3) is 10.2 Å². The second-order valence-corrected chi connectivity index (χ2v) is 12.0. The molecule has 1 heterocycles. The number of amides is 3. The van der Waals surface area contributed by atoms with Crippen molar-refractivity contribution in [3.63, 3.8) is 0 Å². The van der Waals surface area contributed by atoms with Crippen LogP contribution >= 0.6 is 34.7 Å². The van der Waals surface area contributed by atoms with E-state index in [0.29, 0.717) is 27.5 Å². The molecule has 4 aromatic rings. The number of hydrogen-bond acceptors (Lipinski definition) is 6. The molecule has 39 heavy (non-hydrogen) atoms. The molecule has 3 amide bonds. The van der Waals surface area contributed by atoms with Gasteiger partial charge in [0.2, 0.25) is 5.91 Å². The SMILES string of the molecule is O=C(CSc1nc2ccc(NC(=O)c3ccccc3C(=O)NC3CCCCC3)cc2s1)Nc1ccc(Cl)cc1. The summed E-state index contributed by atoms with van der Waals surface area (Å²) >= 11 is 8.69. The van der Waals surface area contributed by atoms with Gasteiger partial charge in [0.1, 0.15) is 0 Å². The third-order valence-corrected chi connectivity index (χ3v) is 8.85. The number of nitrogens with zero attached hydrogens (tertiary/aromatic N) is 1. The smallest absolute Gasteiger partial charge is 0.256 e. The third-order valence-electron chi connectivity index (χ3n) is 6.44. The van der Waals surface area contributed by atoms with E-state index in [1.54, 1.807) is 54.6 Å². The molecule has 0 radical (unpaired) electrons. The highest BCUT2D eigenvalue weighted by molar-refractivity contribution is 8.01. The summed E-state index contributed by atoms with van der Waals surface area (Å²) in [7, 11) is 0. The maximum absolute atomic E-state index is 13.2. The van der Waals surface area contributed by atoms with Crippen LogP contribution in [0.3, 0.4) is 0 Å². The summed E-state index contributed by atoms with van der Waals surface area (Å²) in [6, 6.07) is 19.5. The van der Waals surface area contributed by atoms with Crippen LogP contribution in [0.15, 0.2) is 71.1 Å². The van der Waals surface area contributed by atoms with Gasteiger partial charge in [-0.25, -0.2) is 4.98 Å². The average Bonchev–Trinajstić information content (AvgIpc) is 3.36. The summed E-state index contributed by atoms with van der Waals surface area (Å²) in [6.45, 7) is 0. The molecule has 7 nitrogen and oxygen atoms in total. The number of thioether (sulfide) groups is 1. The number of hydrogen-bond donors (Lipinski definition) is 3. The highest BCUT2D eigenvalue weighted by Crippen LogP contribution is 2.31. The maximum atomic E-state index is 13.2. The summed E-state index contributed by atoms with van der Waals surface area (Å²) < 4.78 is 1.64. The van der Waals surface area contributed by atoms with Crippen molar-refractivity contribution in [2.24, 2.45) is 0 Å². The van der Waals surface area contributed by atoms with E-state index in [-0.39, 0.29) is 29.5 Å². The first-order valence-electron chi connectivity index (χ1n) is 12.7. The van der Waals surface area contributed by atoms with E-state index in [0.717, 1.165) is 40.2 Å². The molecule has 0 bridgehead atoms. The van der Waals surface area contributed by atoms with Gasteiger partial charge in [0, 0.05) is 22.4 Å². The van der Waals surface area contributed by atoms with Gasteiger partial charge in [-0.05, 0) is 67.4 Å². The third kappa shape index (κ3) is 7.17. The zero-order valence-corrected chi connectivity index (χ0v) is 23.4. The number of thiazole rings is 1. The van der Waals surface area contributed by atoms with Crippen LogP contribution in [-0.2, 0) is 4.79 Å². The van der Waals surface area contributed by atoms with Crippen LogP contribution in [0.5, 0.6) is 0 Å². The second-order valence-electron chi connectivity index (χ2n) is 9.31. The number of aromatic nitrogens is 1. The highest BCUT2D eigenvalue weighted by Gasteiger charge is 2.21. The average molecular weight is 579 g/mol. The molecule has 1 aromatic heterocycles. The largest absolute Gasteiger partial charge is 0.349 e. The summed E-state index contributed by atoms with van der Waals surface area (Å²) in [5.41, 5.74) is 2.78. The van der Waals surface area contributed by atoms with Crippen LogP contribution in [-0.4, -0.2) is 34.5 Å². The van der Waals surface area contributed by atoms with Crippen LogP contribution in [0.2, 0.25) is 5.02 Å². The number of fused-ring (bicyclic) bond motifs is 1. The topological polar surface area (TPSA) is 100 Å². The van der Waals surface area contributed by atoms with Crippen LogP contribution < -0.4 is 16.0 Å². The zero-order chi connectivity index (χ0) is 27.2. The Kier molecular flexibility index (Phi) is 8.81. The van der Waals surface area contributed by atoms with Crippen molar-refractivity contribution in [1.29, 1.82) is 0 Å². The Morgan fingerprint density at radius 2 is 1.56 bits per heavy atom. The summed E-state index contributed by atoms with van der Waals surface area (Å²) in [5.74, 6) is -0.485. The highest BCUT2D eigenvalue weighted by atomic mass is 35.5. The van der Waals surface area contributed by atoms with E-state index in [4.69, 9.17) is 11.6 Å². The van der Waals surface area contributed by atoms with Crippen molar-refractivity contribution in [2.45, 2.75) is 42.5 Å². The van der Waals surface area contributed by atoms with Crippen LogP contribution in [0.1, 0.15) is 52.8 Å². The van der Waals surface area contributed by atoms with Gasteiger partial charge in [0.05, 0.1) is 27.1 Å². The molecular formula is C29H27ClN4O3S2. The van der Waals surface area contributed by atoms with E-state index >= 15 is 0 Å². The number of anilines is 2. The van der Waals surface area contributed by atoms with Crippen molar-refractivity contribution in [2.75, 3.05) is 16.4 Å². The molecule has 5 rings (SSSR count). The molecule has 10 heteroatoms. The lowest BCUT2D eigenvalue weighted by atomic mass is 9.95. The number of nitrogens with one attached hydrogen (secondary N) is 3. The minimum absolute atomic E-state index is 0.138. The molecule has 200 valence electrons. The molecular weight excluding hydrogens is 552 g/mol. The first kappa shape index (κ1) is 27.2. The lowest BCUT2D eigenvalue weighted by molar-refractivity contribution is -0.113. The number of benzene rings is 3. The molecule has 0 atom stereocenters. The standard InChI is InChI=1S/C29H27ClN4O3S2/c30-18-10-12-20(13-11-18)31-26(35)17-38-29-34-24-15-14-21(16-25(24)39-29)33-28(37)23-9-5-4-8-22(23)27(36)32-19-6-2-1-3-7-19/h4-5,8-16,19H,1-3,6-7,17H2,(H,31,35)(H,32,36)(H,33,37). The molecule has 0 aliphatic heterocycles. The van der Waals surface area contributed by atoms with Crippen LogP contribution in [0, 0.1) is 0 Å². The predicted molar refractivity (Wildman–Crippen MR) is 159 cm³/mol. The molecule has 1 aliphatic rings. The van der Waals surface area contributed by atoms with Gasteiger partial charge in [-0.1, -0.05) is 54.8 Å². The molecule has 3 N–H and O–H groups in total. The molecule has 0 saturated heterocycles. The molecule has 0 unspecified atom stereocenters. The maximum Gasteiger partial charge on any atom is 0.256 e. The Labute approximate surface area is 239 Å². The van der Waals surface area contributed by atoms with Crippen molar-refractivity contribution in [3.05, 3.63) is 82.9 Å². The van der Waals surface area contributed by atoms with Crippen molar-refractivity contribution < 1.29 is 14.4 Å². The lowest BCUT2D eigenvalue weighted by Gasteiger charge is -2.23. The van der Waals surface area contributed by atoms with E-state index in [1.165, 1.54) is 29.5 Å². The molecule has 1 fully saturated rings. The van der Waals surface area contributed by atoms with E-state index in [2.05, 4.69) is 20.9 Å². The van der Waals surface area contributed by atoms with Gasteiger partial charge in [-0.2, -0.15) is 0 Å².